The number of piperazine rings is 1. The first-order valence-electron chi connectivity index (χ1n) is 7.06. The molecular weight excluding hydrogens is 295 g/mol. The molecule has 1 saturated heterocycles. The van der Waals surface area contributed by atoms with Crippen LogP contribution in [0, 0.1) is 5.82 Å². The summed E-state index contributed by atoms with van der Waals surface area (Å²) < 4.78 is 14.1. The quantitative estimate of drug-likeness (QED) is 0.911. The van der Waals surface area contributed by atoms with Gasteiger partial charge in [-0.3, -0.25) is 9.59 Å². The van der Waals surface area contributed by atoms with E-state index in [-0.39, 0.29) is 29.9 Å². The van der Waals surface area contributed by atoms with E-state index in [9.17, 15) is 14.0 Å². The third-order valence-electron chi connectivity index (χ3n) is 4.43. The first kappa shape index (κ1) is 14.3. The number of nitrogens with one attached hydrogen (secondary N) is 1. The molecule has 2 aliphatic rings. The molecule has 1 saturated carbocycles. The van der Waals surface area contributed by atoms with Gasteiger partial charge in [-0.25, -0.2) is 4.39 Å². The Kier molecular flexibility index (Phi) is 3.61. The first-order chi connectivity index (χ1) is 10.0. The second-order valence-corrected chi connectivity index (χ2v) is 6.02. The van der Waals surface area contributed by atoms with E-state index in [1.54, 1.807) is 12.1 Å². The minimum atomic E-state index is -0.815. The van der Waals surface area contributed by atoms with Gasteiger partial charge in [-0.05, 0) is 18.9 Å². The van der Waals surface area contributed by atoms with Gasteiger partial charge in [0.05, 0.1) is 11.6 Å². The molecule has 0 bridgehead atoms. The molecule has 1 aromatic rings. The maximum absolute atomic E-state index is 14.1. The first-order valence-corrected chi connectivity index (χ1v) is 7.44. The summed E-state index contributed by atoms with van der Waals surface area (Å²) in [5.41, 5.74) is -0.471. The van der Waals surface area contributed by atoms with Crippen molar-refractivity contribution in [2.75, 3.05) is 6.54 Å². The standard InChI is InChI=1S/C15H16ClFN2O2/c16-11-5-3-4-10(13(11)17)9-19-12(20)8-18-14(21)15(19)6-1-2-7-15/h3-5H,1-2,6-9H2,(H,18,21). The average molecular weight is 311 g/mol. The monoisotopic (exact) mass is 310 g/mol. The summed E-state index contributed by atoms with van der Waals surface area (Å²) in [7, 11) is 0. The van der Waals surface area contributed by atoms with Crippen LogP contribution in [0.5, 0.6) is 0 Å². The topological polar surface area (TPSA) is 49.4 Å². The van der Waals surface area contributed by atoms with E-state index in [0.29, 0.717) is 18.4 Å². The van der Waals surface area contributed by atoms with Gasteiger partial charge in [-0.15, -0.1) is 0 Å². The molecule has 3 rings (SSSR count). The highest BCUT2D eigenvalue weighted by Crippen LogP contribution is 2.38. The summed E-state index contributed by atoms with van der Waals surface area (Å²) in [6, 6.07) is 4.72. The Bertz CT molecular complexity index is 599. The number of carbonyl (C=O) groups is 2. The predicted molar refractivity (Wildman–Crippen MR) is 76.2 cm³/mol. The molecule has 1 heterocycles. The van der Waals surface area contributed by atoms with Crippen LogP contribution in [0.1, 0.15) is 31.2 Å². The van der Waals surface area contributed by atoms with E-state index in [4.69, 9.17) is 11.6 Å². The highest BCUT2D eigenvalue weighted by molar-refractivity contribution is 6.30. The highest BCUT2D eigenvalue weighted by Gasteiger charge is 2.50. The van der Waals surface area contributed by atoms with Gasteiger partial charge in [-0.2, -0.15) is 0 Å². The molecule has 0 aromatic heterocycles. The molecule has 2 amide bonds. The van der Waals surface area contributed by atoms with E-state index in [2.05, 4.69) is 5.32 Å². The van der Waals surface area contributed by atoms with Gasteiger partial charge < -0.3 is 10.2 Å². The Morgan fingerprint density at radius 3 is 2.71 bits per heavy atom. The number of benzene rings is 1. The maximum Gasteiger partial charge on any atom is 0.246 e. The zero-order chi connectivity index (χ0) is 15.0. The molecule has 1 aromatic carbocycles. The molecule has 0 atom stereocenters. The van der Waals surface area contributed by atoms with Gasteiger partial charge >= 0.3 is 0 Å². The van der Waals surface area contributed by atoms with Crippen molar-refractivity contribution in [1.82, 2.24) is 10.2 Å². The highest BCUT2D eigenvalue weighted by atomic mass is 35.5. The number of hydrogen-bond acceptors (Lipinski definition) is 2. The molecule has 0 radical (unpaired) electrons. The van der Waals surface area contributed by atoms with Crippen LogP contribution in [0.2, 0.25) is 5.02 Å². The second-order valence-electron chi connectivity index (χ2n) is 5.61. The van der Waals surface area contributed by atoms with Gasteiger partial charge in [0.15, 0.2) is 0 Å². The zero-order valence-electron chi connectivity index (χ0n) is 11.5. The summed E-state index contributed by atoms with van der Waals surface area (Å²) in [6.07, 6.45) is 3.06. The molecule has 1 N–H and O–H groups in total. The molecule has 1 aliphatic carbocycles. The Morgan fingerprint density at radius 2 is 2.00 bits per heavy atom. The van der Waals surface area contributed by atoms with Gasteiger partial charge in [0.25, 0.3) is 0 Å². The summed E-state index contributed by atoms with van der Waals surface area (Å²) in [5.74, 6) is -0.816. The largest absolute Gasteiger partial charge is 0.345 e. The van der Waals surface area contributed by atoms with Gasteiger partial charge in [0, 0.05) is 12.1 Å². The Labute approximate surface area is 127 Å². The van der Waals surface area contributed by atoms with Gasteiger partial charge in [0.1, 0.15) is 11.4 Å². The normalized spacial score (nSPS) is 21.0. The van der Waals surface area contributed by atoms with E-state index in [0.717, 1.165) is 12.8 Å². The van der Waals surface area contributed by atoms with E-state index >= 15 is 0 Å². The maximum atomic E-state index is 14.1. The zero-order valence-corrected chi connectivity index (χ0v) is 12.3. The van der Waals surface area contributed by atoms with Crippen LogP contribution in [-0.2, 0) is 16.1 Å². The van der Waals surface area contributed by atoms with Crippen molar-refractivity contribution in [3.8, 4) is 0 Å². The van der Waals surface area contributed by atoms with Crippen molar-refractivity contribution in [3.05, 3.63) is 34.6 Å². The van der Waals surface area contributed by atoms with Crippen LogP contribution < -0.4 is 5.32 Å². The minimum Gasteiger partial charge on any atom is -0.345 e. The number of hydrogen-bond donors (Lipinski definition) is 1. The van der Waals surface area contributed by atoms with Gasteiger partial charge in [0.2, 0.25) is 11.8 Å². The lowest BCUT2D eigenvalue weighted by Gasteiger charge is -2.43. The summed E-state index contributed by atoms with van der Waals surface area (Å²) >= 11 is 5.79. The molecule has 0 unspecified atom stereocenters. The Balaban J connectivity index is 1.95. The fourth-order valence-corrected chi connectivity index (χ4v) is 3.51. The molecule has 6 heteroatoms. The molecule has 112 valence electrons. The smallest absolute Gasteiger partial charge is 0.246 e. The molecule has 2 fully saturated rings. The van der Waals surface area contributed by atoms with Crippen LogP contribution in [0.25, 0.3) is 0 Å². The lowest BCUT2D eigenvalue weighted by molar-refractivity contribution is -0.154. The Hall–Kier alpha value is -1.62. The number of amides is 2. The lowest BCUT2D eigenvalue weighted by Crippen LogP contribution is -2.65. The fraction of sp³-hybridized carbons (Fsp3) is 0.467. The van der Waals surface area contributed by atoms with E-state index in [1.165, 1.54) is 11.0 Å². The average Bonchev–Trinajstić information content (AvgIpc) is 2.95. The lowest BCUT2D eigenvalue weighted by atomic mass is 9.90. The van der Waals surface area contributed by atoms with E-state index in [1.807, 2.05) is 0 Å². The van der Waals surface area contributed by atoms with Gasteiger partial charge in [-0.1, -0.05) is 36.6 Å². The fourth-order valence-electron chi connectivity index (χ4n) is 3.31. The van der Waals surface area contributed by atoms with Crippen molar-refractivity contribution < 1.29 is 14.0 Å². The van der Waals surface area contributed by atoms with Crippen LogP contribution in [0.15, 0.2) is 18.2 Å². The second kappa shape index (κ2) is 5.30. The van der Waals surface area contributed by atoms with Crippen molar-refractivity contribution in [1.29, 1.82) is 0 Å². The number of halogens is 2. The number of carbonyl (C=O) groups excluding carboxylic acids is 2. The van der Waals surface area contributed by atoms with Crippen LogP contribution in [0.4, 0.5) is 4.39 Å². The number of nitrogens with zero attached hydrogens (tertiary/aromatic N) is 1. The molecule has 1 spiro atoms. The molecule has 21 heavy (non-hydrogen) atoms. The summed E-state index contributed by atoms with van der Waals surface area (Å²) in [6.45, 7) is 0.0570. The predicted octanol–water partition coefficient (Wildman–Crippen LogP) is 2.25. The summed E-state index contributed by atoms with van der Waals surface area (Å²) in [4.78, 5) is 26.1. The van der Waals surface area contributed by atoms with E-state index < -0.39 is 11.4 Å². The van der Waals surface area contributed by atoms with Crippen molar-refractivity contribution >= 4 is 23.4 Å². The Morgan fingerprint density at radius 1 is 1.29 bits per heavy atom. The van der Waals surface area contributed by atoms with Crippen LogP contribution in [-0.4, -0.2) is 28.8 Å². The molecule has 4 nitrogen and oxygen atoms in total. The molecule has 1 aliphatic heterocycles. The van der Waals surface area contributed by atoms with Crippen molar-refractivity contribution in [2.45, 2.75) is 37.8 Å². The summed E-state index contributed by atoms with van der Waals surface area (Å²) in [5, 5.41) is 2.69. The van der Waals surface area contributed by atoms with Crippen LogP contribution in [0.3, 0.4) is 0 Å². The third kappa shape index (κ3) is 2.29. The third-order valence-corrected chi connectivity index (χ3v) is 4.72. The SMILES string of the molecule is O=C1CNC(=O)C2(CCCC2)N1Cc1cccc(Cl)c1F. The van der Waals surface area contributed by atoms with Crippen LogP contribution >= 0.6 is 11.6 Å². The molecular formula is C15H16ClFN2O2. The van der Waals surface area contributed by atoms with Crippen molar-refractivity contribution in [3.63, 3.8) is 0 Å². The van der Waals surface area contributed by atoms with Crippen molar-refractivity contribution in [2.24, 2.45) is 0 Å². The minimum absolute atomic E-state index is 0.0250. The number of rotatable bonds is 2.